The molecule has 0 bridgehead atoms. The van der Waals surface area contributed by atoms with Crippen LogP contribution in [0.3, 0.4) is 0 Å². The lowest BCUT2D eigenvalue weighted by molar-refractivity contribution is -0.139. The van der Waals surface area contributed by atoms with Gasteiger partial charge in [-0.1, -0.05) is 66.9 Å². The zero-order valence-electron chi connectivity index (χ0n) is 22.9. The summed E-state index contributed by atoms with van der Waals surface area (Å²) in [6.07, 6.45) is -4.03. The van der Waals surface area contributed by atoms with Crippen LogP contribution in [0.5, 0.6) is 5.75 Å². The molecule has 0 saturated heterocycles. The van der Waals surface area contributed by atoms with E-state index in [9.17, 15) is 27.9 Å². The van der Waals surface area contributed by atoms with Gasteiger partial charge < -0.3 is 15.2 Å². The molecule has 1 atom stereocenters. The van der Waals surface area contributed by atoms with Crippen LogP contribution in [0, 0.1) is 19.8 Å². The fourth-order valence-electron chi connectivity index (χ4n) is 4.61. The van der Waals surface area contributed by atoms with Gasteiger partial charge >= 0.3 is 12.1 Å². The van der Waals surface area contributed by atoms with E-state index >= 15 is 0 Å². The average molecular weight is 576 g/mol. The Morgan fingerprint density at radius 1 is 0.975 bits per heavy atom. The molecular formula is C31H33ClF3NO4. The quantitative estimate of drug-likeness (QED) is 0.242. The Morgan fingerprint density at radius 3 is 2.23 bits per heavy atom. The van der Waals surface area contributed by atoms with Gasteiger partial charge in [0.15, 0.2) is 0 Å². The maximum absolute atomic E-state index is 13.6. The third-order valence-electron chi connectivity index (χ3n) is 6.36. The van der Waals surface area contributed by atoms with Crippen molar-refractivity contribution in [2.24, 2.45) is 5.92 Å². The Kier molecular flexibility index (Phi) is 10.3. The number of ether oxygens (including phenoxy) is 1. The molecule has 0 heterocycles. The summed E-state index contributed by atoms with van der Waals surface area (Å²) < 4.78 is 46.2. The van der Waals surface area contributed by atoms with Gasteiger partial charge in [-0.25, -0.2) is 0 Å². The van der Waals surface area contributed by atoms with E-state index in [4.69, 9.17) is 16.3 Å². The Morgan fingerprint density at radius 2 is 1.62 bits per heavy atom. The second-order valence-electron chi connectivity index (χ2n) is 10.4. The van der Waals surface area contributed by atoms with Crippen LogP contribution in [0.25, 0.3) is 0 Å². The Hall–Kier alpha value is -3.52. The van der Waals surface area contributed by atoms with Gasteiger partial charge in [0.25, 0.3) is 5.91 Å². The molecule has 0 spiro atoms. The average Bonchev–Trinajstić information content (AvgIpc) is 2.85. The van der Waals surface area contributed by atoms with Crippen molar-refractivity contribution in [1.82, 2.24) is 5.32 Å². The van der Waals surface area contributed by atoms with Gasteiger partial charge in [0.1, 0.15) is 12.4 Å². The topological polar surface area (TPSA) is 75.6 Å². The van der Waals surface area contributed by atoms with Crippen LogP contribution in [0.2, 0.25) is 5.02 Å². The normalized spacial score (nSPS) is 12.3. The molecular weight excluding hydrogens is 543 g/mol. The molecule has 0 aliphatic rings. The fraction of sp³-hybridized carbons (Fsp3) is 0.355. The SMILES string of the molecule is Cc1cc(C)cc(C(CC(C)C)NC(=O)c2cc(OCc3ccc(Cl)cc3C(F)(F)F)ccc2CCC(=O)O)c1. The van der Waals surface area contributed by atoms with E-state index in [0.29, 0.717) is 12.0 Å². The number of halogens is 4. The highest BCUT2D eigenvalue weighted by molar-refractivity contribution is 6.30. The number of nitrogens with one attached hydrogen (secondary N) is 1. The van der Waals surface area contributed by atoms with Crippen LogP contribution >= 0.6 is 11.6 Å². The monoisotopic (exact) mass is 575 g/mol. The molecule has 1 unspecified atom stereocenters. The van der Waals surface area contributed by atoms with Crippen LogP contribution in [-0.2, 0) is 24.0 Å². The molecule has 3 rings (SSSR count). The summed E-state index contributed by atoms with van der Waals surface area (Å²) in [6.45, 7) is 7.68. The van der Waals surface area contributed by atoms with E-state index in [2.05, 4.69) is 19.2 Å². The molecule has 214 valence electrons. The van der Waals surface area contributed by atoms with Gasteiger partial charge in [0.2, 0.25) is 0 Å². The molecule has 5 nitrogen and oxygen atoms in total. The third-order valence-corrected chi connectivity index (χ3v) is 6.60. The highest BCUT2D eigenvalue weighted by atomic mass is 35.5. The third kappa shape index (κ3) is 8.74. The van der Waals surface area contributed by atoms with Crippen molar-refractivity contribution in [3.8, 4) is 5.75 Å². The molecule has 3 aromatic rings. The van der Waals surface area contributed by atoms with E-state index in [1.165, 1.54) is 24.3 Å². The van der Waals surface area contributed by atoms with Crippen LogP contribution in [0.4, 0.5) is 13.2 Å². The first kappa shape index (κ1) is 31.0. The molecule has 9 heteroatoms. The smallest absolute Gasteiger partial charge is 0.416 e. The molecule has 0 radical (unpaired) electrons. The minimum absolute atomic E-state index is 0.0439. The molecule has 0 aliphatic heterocycles. The number of carbonyl (C=O) groups is 2. The molecule has 0 fully saturated rings. The van der Waals surface area contributed by atoms with Gasteiger partial charge in [-0.3, -0.25) is 9.59 Å². The highest BCUT2D eigenvalue weighted by Crippen LogP contribution is 2.34. The van der Waals surface area contributed by atoms with Crippen molar-refractivity contribution in [3.05, 3.63) is 98.6 Å². The summed E-state index contributed by atoms with van der Waals surface area (Å²) >= 11 is 5.77. The van der Waals surface area contributed by atoms with Gasteiger partial charge in [-0.2, -0.15) is 13.2 Å². The number of carbonyl (C=O) groups excluding carboxylic acids is 1. The number of amides is 1. The number of carboxylic acids is 1. The fourth-order valence-corrected chi connectivity index (χ4v) is 4.78. The lowest BCUT2D eigenvalue weighted by Crippen LogP contribution is -2.30. The molecule has 0 aliphatic carbocycles. The van der Waals surface area contributed by atoms with Crippen molar-refractivity contribution in [2.75, 3.05) is 0 Å². The maximum Gasteiger partial charge on any atom is 0.416 e. The Balaban J connectivity index is 1.92. The van der Waals surface area contributed by atoms with E-state index in [0.717, 1.165) is 22.8 Å². The lowest BCUT2D eigenvalue weighted by Gasteiger charge is -2.23. The van der Waals surface area contributed by atoms with Crippen molar-refractivity contribution in [1.29, 1.82) is 0 Å². The van der Waals surface area contributed by atoms with E-state index < -0.39 is 30.2 Å². The van der Waals surface area contributed by atoms with Crippen molar-refractivity contribution < 1.29 is 32.6 Å². The van der Waals surface area contributed by atoms with Crippen LogP contribution in [0.15, 0.2) is 54.6 Å². The summed E-state index contributed by atoms with van der Waals surface area (Å²) in [5, 5.41) is 12.2. The predicted molar refractivity (Wildman–Crippen MR) is 149 cm³/mol. The Labute approximate surface area is 237 Å². The summed E-state index contributed by atoms with van der Waals surface area (Å²) in [4.78, 5) is 24.9. The number of alkyl halides is 3. The standard InChI is InChI=1S/C31H33ClF3NO4/c1-18(2)11-28(23-13-19(3)12-20(4)14-23)36-30(39)26-16-25(9-6-21(26)7-10-29(37)38)40-17-22-5-8-24(32)15-27(22)31(33,34)35/h5-6,8-9,12-16,18,28H,7,10-11,17H2,1-4H3,(H,36,39)(H,37,38). The first-order chi connectivity index (χ1) is 18.7. The minimum Gasteiger partial charge on any atom is -0.489 e. The highest BCUT2D eigenvalue weighted by Gasteiger charge is 2.33. The maximum atomic E-state index is 13.6. The number of carboxylic acid groups (broad SMARTS) is 1. The van der Waals surface area contributed by atoms with E-state index in [1.807, 2.05) is 32.0 Å². The van der Waals surface area contributed by atoms with Crippen molar-refractivity contribution in [2.45, 2.75) is 65.8 Å². The number of aryl methyl sites for hydroxylation is 3. The first-order valence-electron chi connectivity index (χ1n) is 12.9. The second-order valence-corrected chi connectivity index (χ2v) is 10.8. The second kappa shape index (κ2) is 13.2. The molecule has 3 aromatic carbocycles. The van der Waals surface area contributed by atoms with Gasteiger partial charge in [0, 0.05) is 22.6 Å². The summed E-state index contributed by atoms with van der Waals surface area (Å²) in [5.41, 5.74) is 2.79. The molecule has 0 saturated carbocycles. The summed E-state index contributed by atoms with van der Waals surface area (Å²) in [5.74, 6) is -0.978. The van der Waals surface area contributed by atoms with Crippen LogP contribution in [-0.4, -0.2) is 17.0 Å². The largest absolute Gasteiger partial charge is 0.489 e. The molecule has 2 N–H and O–H groups in total. The van der Waals surface area contributed by atoms with Gasteiger partial charge in [0.05, 0.1) is 11.6 Å². The lowest BCUT2D eigenvalue weighted by atomic mass is 9.93. The summed E-state index contributed by atoms with van der Waals surface area (Å²) in [7, 11) is 0. The predicted octanol–water partition coefficient (Wildman–Crippen LogP) is 8.09. The first-order valence-corrected chi connectivity index (χ1v) is 13.3. The van der Waals surface area contributed by atoms with E-state index in [1.54, 1.807) is 6.07 Å². The molecule has 1 amide bonds. The summed E-state index contributed by atoms with van der Waals surface area (Å²) in [6, 6.07) is 13.8. The van der Waals surface area contributed by atoms with Crippen LogP contribution in [0.1, 0.15) is 76.5 Å². The van der Waals surface area contributed by atoms with Crippen molar-refractivity contribution >= 4 is 23.5 Å². The van der Waals surface area contributed by atoms with E-state index in [-0.39, 0.29) is 46.7 Å². The van der Waals surface area contributed by atoms with Crippen LogP contribution < -0.4 is 10.1 Å². The van der Waals surface area contributed by atoms with Crippen molar-refractivity contribution in [3.63, 3.8) is 0 Å². The Bertz CT molecular complexity index is 1350. The zero-order chi connectivity index (χ0) is 29.6. The molecule has 0 aromatic heterocycles. The minimum atomic E-state index is -4.62. The van der Waals surface area contributed by atoms with Gasteiger partial charge in [-0.15, -0.1) is 0 Å². The molecule has 40 heavy (non-hydrogen) atoms. The zero-order valence-corrected chi connectivity index (χ0v) is 23.6. The van der Waals surface area contributed by atoms with Gasteiger partial charge in [-0.05, 0) is 68.0 Å². The number of benzene rings is 3. The number of hydrogen-bond donors (Lipinski definition) is 2. The number of aliphatic carboxylic acids is 1. The number of hydrogen-bond acceptors (Lipinski definition) is 3. The number of rotatable bonds is 11.